The fourth-order valence-electron chi connectivity index (χ4n) is 0.501. The van der Waals surface area contributed by atoms with Crippen LogP contribution in [0.5, 0.6) is 0 Å². The van der Waals surface area contributed by atoms with Crippen LogP contribution in [0.1, 0.15) is 0 Å². The van der Waals surface area contributed by atoms with Gasteiger partial charge in [-0.2, -0.15) is 0 Å². The first-order chi connectivity index (χ1) is 3.93. The Bertz CT molecular complexity index is 154. The van der Waals surface area contributed by atoms with E-state index >= 15 is 0 Å². The highest BCUT2D eigenvalue weighted by molar-refractivity contribution is 14.2. The van der Waals surface area contributed by atoms with Crippen LogP contribution in [0, 0.1) is 0 Å². The van der Waals surface area contributed by atoms with E-state index in [4.69, 9.17) is 0 Å². The summed E-state index contributed by atoms with van der Waals surface area (Å²) in [5, 5.41) is 1.42. The average Bonchev–Trinajstić information content (AvgIpc) is 1.90. The highest BCUT2D eigenvalue weighted by Crippen LogP contribution is 2.18. The summed E-state index contributed by atoms with van der Waals surface area (Å²) >= 11 is 2.38. The first kappa shape index (κ1) is 9.44. The number of benzene rings is 1. The molecule has 0 spiro atoms. The fraction of sp³-hybridized carbons (Fsp3) is 0. The summed E-state index contributed by atoms with van der Waals surface area (Å²) in [6.45, 7) is 0. The monoisotopic (exact) mass is 250 g/mol. The lowest BCUT2D eigenvalue weighted by Gasteiger charge is -1.88. The molecule has 9 heavy (non-hydrogen) atoms. The van der Waals surface area contributed by atoms with Crippen LogP contribution in [-0.4, -0.2) is 8.41 Å². The number of rotatable bonds is 1. The van der Waals surface area contributed by atoms with Gasteiger partial charge in [-0.1, -0.05) is 52.4 Å². The SMILES string of the molecule is B.IPc1ccccc1. The molecule has 0 saturated carbocycles. The lowest BCUT2D eigenvalue weighted by molar-refractivity contribution is 1.78. The molecule has 0 aromatic heterocycles. The van der Waals surface area contributed by atoms with Gasteiger partial charge < -0.3 is 0 Å². The van der Waals surface area contributed by atoms with Gasteiger partial charge in [0.25, 0.3) is 0 Å². The number of halogens is 1. The maximum absolute atomic E-state index is 2.38. The summed E-state index contributed by atoms with van der Waals surface area (Å²) in [5.41, 5.74) is 0. The Kier molecular flexibility index (Phi) is 5.51. The molecule has 0 saturated heterocycles. The molecule has 0 radical (unpaired) electrons. The van der Waals surface area contributed by atoms with Crippen molar-refractivity contribution in [3.63, 3.8) is 0 Å². The van der Waals surface area contributed by atoms with Crippen molar-refractivity contribution in [3.05, 3.63) is 30.3 Å². The molecule has 0 amide bonds. The minimum atomic E-state index is 0. The molecular formula is C6H9BIP. The molecule has 1 unspecified atom stereocenters. The van der Waals surface area contributed by atoms with E-state index in [1.54, 1.807) is 0 Å². The van der Waals surface area contributed by atoms with Crippen LogP contribution in [0.2, 0.25) is 0 Å². The van der Waals surface area contributed by atoms with Crippen LogP contribution in [0.4, 0.5) is 0 Å². The Hall–Kier alpha value is 0.445. The van der Waals surface area contributed by atoms with E-state index in [0.29, 0.717) is 0 Å². The van der Waals surface area contributed by atoms with Crippen molar-refractivity contribution >= 4 is 42.0 Å². The third-order valence-corrected chi connectivity index (χ3v) is 3.30. The molecule has 1 aromatic rings. The predicted octanol–water partition coefficient (Wildman–Crippen LogP) is 1.16. The highest BCUT2D eigenvalue weighted by atomic mass is 127. The van der Waals surface area contributed by atoms with Crippen molar-refractivity contribution < 1.29 is 0 Å². The molecule has 0 aliphatic carbocycles. The summed E-state index contributed by atoms with van der Waals surface area (Å²) in [6, 6.07) is 10.5. The van der Waals surface area contributed by atoms with E-state index < -0.39 is 0 Å². The third kappa shape index (κ3) is 3.22. The second kappa shape index (κ2) is 5.25. The van der Waals surface area contributed by atoms with Crippen molar-refractivity contribution in [1.29, 1.82) is 0 Å². The van der Waals surface area contributed by atoms with Gasteiger partial charge >= 0.3 is 0 Å². The summed E-state index contributed by atoms with van der Waals surface area (Å²) in [6.07, 6.45) is 0.900. The second-order valence-corrected chi connectivity index (χ2v) is 3.84. The van der Waals surface area contributed by atoms with Crippen LogP contribution < -0.4 is 5.30 Å². The topological polar surface area (TPSA) is 0 Å². The Morgan fingerprint density at radius 2 is 1.67 bits per heavy atom. The predicted molar refractivity (Wildman–Crippen MR) is 58.4 cm³/mol. The molecule has 1 rings (SSSR count). The quantitative estimate of drug-likeness (QED) is 0.398. The highest BCUT2D eigenvalue weighted by Gasteiger charge is 1.81. The zero-order chi connectivity index (χ0) is 5.82. The minimum Gasteiger partial charge on any atom is -0.0622 e. The molecule has 0 aliphatic rings. The van der Waals surface area contributed by atoms with Crippen LogP contribution in [0.15, 0.2) is 30.3 Å². The lowest BCUT2D eigenvalue weighted by atomic mass is 10.4. The summed E-state index contributed by atoms with van der Waals surface area (Å²) in [5.74, 6) is 0. The van der Waals surface area contributed by atoms with Crippen LogP contribution in [0.3, 0.4) is 0 Å². The first-order valence-corrected chi connectivity index (χ1v) is 6.46. The van der Waals surface area contributed by atoms with Gasteiger partial charge in [0, 0.05) is 0 Å². The van der Waals surface area contributed by atoms with Gasteiger partial charge in [0.15, 0.2) is 0 Å². The molecule has 1 atom stereocenters. The third-order valence-electron chi connectivity index (χ3n) is 0.883. The normalized spacial score (nSPS) is 9.44. The standard InChI is InChI=1S/C6H6IP.BH3/c7-8-6-4-2-1-3-5-6;/h1-5,8H;1H3. The van der Waals surface area contributed by atoms with E-state index in [1.165, 1.54) is 5.30 Å². The Morgan fingerprint density at radius 1 is 1.11 bits per heavy atom. The first-order valence-electron chi connectivity index (χ1n) is 2.35. The van der Waals surface area contributed by atoms with E-state index in [9.17, 15) is 0 Å². The summed E-state index contributed by atoms with van der Waals surface area (Å²) < 4.78 is 0. The second-order valence-electron chi connectivity index (χ2n) is 1.46. The maximum atomic E-state index is 2.38. The summed E-state index contributed by atoms with van der Waals surface area (Å²) in [7, 11) is 0. The van der Waals surface area contributed by atoms with Crippen LogP contribution in [0.25, 0.3) is 0 Å². The molecule has 48 valence electrons. The van der Waals surface area contributed by atoms with Gasteiger partial charge in [-0.3, -0.25) is 0 Å². The zero-order valence-corrected chi connectivity index (χ0v) is 7.42. The zero-order valence-electron chi connectivity index (χ0n) is 4.26. The van der Waals surface area contributed by atoms with Gasteiger partial charge in [0.05, 0.1) is 8.41 Å². The lowest BCUT2D eigenvalue weighted by Crippen LogP contribution is -1.85. The van der Waals surface area contributed by atoms with E-state index in [1.807, 2.05) is 6.07 Å². The van der Waals surface area contributed by atoms with Gasteiger partial charge in [-0.05, 0) is 11.5 Å². The Balaban J connectivity index is 0.000000640. The Morgan fingerprint density at radius 3 is 2.00 bits per heavy atom. The molecule has 1 aromatic carbocycles. The molecule has 0 N–H and O–H groups in total. The van der Waals surface area contributed by atoms with E-state index in [0.717, 1.165) is 6.22 Å². The van der Waals surface area contributed by atoms with Gasteiger partial charge in [0.1, 0.15) is 0 Å². The van der Waals surface area contributed by atoms with Crippen molar-refractivity contribution in [1.82, 2.24) is 0 Å². The molecule has 0 aliphatic heterocycles. The largest absolute Gasteiger partial charge is 0.0814 e. The molecule has 0 bridgehead atoms. The van der Waals surface area contributed by atoms with Crippen molar-refractivity contribution in [2.75, 3.05) is 0 Å². The molecule has 0 heterocycles. The van der Waals surface area contributed by atoms with Crippen molar-refractivity contribution in [3.8, 4) is 0 Å². The molecule has 0 fully saturated rings. The molecular weight excluding hydrogens is 241 g/mol. The van der Waals surface area contributed by atoms with Crippen molar-refractivity contribution in [2.24, 2.45) is 0 Å². The van der Waals surface area contributed by atoms with E-state index in [-0.39, 0.29) is 8.41 Å². The number of hydrogen-bond donors (Lipinski definition) is 0. The van der Waals surface area contributed by atoms with Crippen molar-refractivity contribution in [2.45, 2.75) is 0 Å². The number of hydrogen-bond acceptors (Lipinski definition) is 0. The van der Waals surface area contributed by atoms with E-state index in [2.05, 4.69) is 46.3 Å². The maximum Gasteiger partial charge on any atom is 0.0814 e. The molecule has 3 heteroatoms. The minimum absolute atomic E-state index is 0. The van der Waals surface area contributed by atoms with Gasteiger partial charge in [-0.15, -0.1) is 0 Å². The van der Waals surface area contributed by atoms with Crippen LogP contribution >= 0.6 is 28.3 Å². The van der Waals surface area contributed by atoms with Gasteiger partial charge in [0.2, 0.25) is 0 Å². The van der Waals surface area contributed by atoms with Crippen LogP contribution in [-0.2, 0) is 0 Å². The van der Waals surface area contributed by atoms with Gasteiger partial charge in [-0.25, -0.2) is 0 Å². The average molecular weight is 250 g/mol. The fourth-order valence-corrected chi connectivity index (χ4v) is 1.90. The molecule has 0 nitrogen and oxygen atoms in total. The smallest absolute Gasteiger partial charge is 0.0622 e. The summed E-state index contributed by atoms with van der Waals surface area (Å²) in [4.78, 5) is 0. The Labute approximate surface area is 72.3 Å².